The summed E-state index contributed by atoms with van der Waals surface area (Å²) in [4.78, 5) is 0. The SMILES string of the molecule is C=C(CC)CSC(CC)CCl. The second-order valence-corrected chi connectivity index (χ2v) is 4.20. The number of rotatable bonds is 6. The van der Waals surface area contributed by atoms with Crippen molar-refractivity contribution < 1.29 is 0 Å². The monoisotopic (exact) mass is 192 g/mol. The largest absolute Gasteiger partial charge is 0.153 e. The van der Waals surface area contributed by atoms with Crippen LogP contribution in [0.5, 0.6) is 0 Å². The van der Waals surface area contributed by atoms with Gasteiger partial charge in [0.2, 0.25) is 0 Å². The van der Waals surface area contributed by atoms with Gasteiger partial charge in [0.25, 0.3) is 0 Å². The van der Waals surface area contributed by atoms with E-state index in [2.05, 4.69) is 20.4 Å². The number of halogens is 1. The first-order valence-corrected chi connectivity index (χ1v) is 5.67. The van der Waals surface area contributed by atoms with E-state index in [0.717, 1.165) is 24.5 Å². The van der Waals surface area contributed by atoms with Crippen LogP contribution in [0.4, 0.5) is 0 Å². The summed E-state index contributed by atoms with van der Waals surface area (Å²) in [6.45, 7) is 8.27. The second kappa shape index (κ2) is 7.05. The fourth-order valence-corrected chi connectivity index (χ4v) is 2.10. The van der Waals surface area contributed by atoms with E-state index in [1.165, 1.54) is 5.57 Å². The summed E-state index contributed by atoms with van der Waals surface area (Å²) in [7, 11) is 0. The van der Waals surface area contributed by atoms with E-state index in [9.17, 15) is 0 Å². The Hall–Kier alpha value is 0.380. The van der Waals surface area contributed by atoms with Gasteiger partial charge in [0, 0.05) is 16.9 Å². The van der Waals surface area contributed by atoms with Crippen LogP contribution >= 0.6 is 23.4 Å². The van der Waals surface area contributed by atoms with E-state index in [0.29, 0.717) is 5.25 Å². The highest BCUT2D eigenvalue weighted by Gasteiger charge is 2.04. The number of hydrogen-bond acceptors (Lipinski definition) is 1. The lowest BCUT2D eigenvalue weighted by Gasteiger charge is -2.10. The normalized spacial score (nSPS) is 13.0. The van der Waals surface area contributed by atoms with Gasteiger partial charge < -0.3 is 0 Å². The van der Waals surface area contributed by atoms with Crippen LogP contribution in [0.3, 0.4) is 0 Å². The summed E-state index contributed by atoms with van der Waals surface area (Å²) in [5, 5.41) is 0.611. The molecule has 0 saturated carbocycles. The number of hydrogen-bond donors (Lipinski definition) is 0. The lowest BCUT2D eigenvalue weighted by molar-refractivity contribution is 0.912. The van der Waals surface area contributed by atoms with E-state index < -0.39 is 0 Å². The summed E-state index contributed by atoms with van der Waals surface area (Å²) < 4.78 is 0. The molecule has 0 aliphatic rings. The lowest BCUT2D eigenvalue weighted by atomic mass is 10.3. The van der Waals surface area contributed by atoms with E-state index >= 15 is 0 Å². The van der Waals surface area contributed by atoms with Crippen molar-refractivity contribution in [2.24, 2.45) is 0 Å². The van der Waals surface area contributed by atoms with E-state index in [1.807, 2.05) is 11.8 Å². The van der Waals surface area contributed by atoms with Crippen LogP contribution in [0.1, 0.15) is 26.7 Å². The first-order chi connectivity index (χ1) is 5.24. The molecule has 0 nitrogen and oxygen atoms in total. The van der Waals surface area contributed by atoms with Gasteiger partial charge in [-0.15, -0.1) is 11.6 Å². The molecule has 0 fully saturated rings. The molecule has 0 aliphatic heterocycles. The highest BCUT2D eigenvalue weighted by molar-refractivity contribution is 8.00. The van der Waals surface area contributed by atoms with Gasteiger partial charge in [-0.25, -0.2) is 0 Å². The molecular formula is C9H17ClS. The molecule has 0 aromatic rings. The summed E-state index contributed by atoms with van der Waals surface area (Å²) in [5.41, 5.74) is 1.32. The molecule has 0 bridgehead atoms. The molecule has 0 aromatic carbocycles. The zero-order valence-corrected chi connectivity index (χ0v) is 8.97. The van der Waals surface area contributed by atoms with Crippen molar-refractivity contribution in [2.45, 2.75) is 31.9 Å². The predicted octanol–water partition coefficient (Wildman–Crippen LogP) is 3.70. The molecule has 0 rings (SSSR count). The maximum Gasteiger partial charge on any atom is 0.0342 e. The highest BCUT2D eigenvalue weighted by atomic mass is 35.5. The Morgan fingerprint density at radius 1 is 1.55 bits per heavy atom. The Kier molecular flexibility index (Phi) is 7.30. The van der Waals surface area contributed by atoms with Crippen molar-refractivity contribution in [1.82, 2.24) is 0 Å². The van der Waals surface area contributed by atoms with Crippen LogP contribution in [0, 0.1) is 0 Å². The van der Waals surface area contributed by atoms with Gasteiger partial charge in [0.05, 0.1) is 0 Å². The van der Waals surface area contributed by atoms with Crippen LogP contribution < -0.4 is 0 Å². The lowest BCUT2D eigenvalue weighted by Crippen LogP contribution is -2.03. The van der Waals surface area contributed by atoms with Crippen molar-refractivity contribution >= 4 is 23.4 Å². The van der Waals surface area contributed by atoms with Gasteiger partial charge in [-0.1, -0.05) is 26.0 Å². The van der Waals surface area contributed by atoms with Crippen molar-refractivity contribution in [3.63, 3.8) is 0 Å². The molecule has 66 valence electrons. The first-order valence-electron chi connectivity index (χ1n) is 4.08. The summed E-state index contributed by atoms with van der Waals surface area (Å²) >= 11 is 7.67. The second-order valence-electron chi connectivity index (χ2n) is 2.60. The van der Waals surface area contributed by atoms with E-state index in [1.54, 1.807) is 0 Å². The third-order valence-electron chi connectivity index (χ3n) is 1.65. The van der Waals surface area contributed by atoms with Gasteiger partial charge in [-0.05, 0) is 12.8 Å². The van der Waals surface area contributed by atoms with Gasteiger partial charge in [-0.2, -0.15) is 11.8 Å². The molecule has 0 amide bonds. The minimum absolute atomic E-state index is 0.611. The third-order valence-corrected chi connectivity index (χ3v) is 3.75. The van der Waals surface area contributed by atoms with Crippen LogP contribution in [0.2, 0.25) is 0 Å². The highest BCUT2D eigenvalue weighted by Crippen LogP contribution is 2.19. The number of thioether (sulfide) groups is 1. The Morgan fingerprint density at radius 2 is 2.18 bits per heavy atom. The maximum absolute atomic E-state index is 5.74. The van der Waals surface area contributed by atoms with Gasteiger partial charge in [0.1, 0.15) is 0 Å². The fourth-order valence-electron chi connectivity index (χ4n) is 0.609. The summed E-state index contributed by atoms with van der Waals surface area (Å²) in [6, 6.07) is 0. The Morgan fingerprint density at radius 3 is 2.55 bits per heavy atom. The predicted molar refractivity (Wildman–Crippen MR) is 56.7 cm³/mol. The van der Waals surface area contributed by atoms with Gasteiger partial charge in [-0.3, -0.25) is 0 Å². The van der Waals surface area contributed by atoms with Gasteiger partial charge in [0.15, 0.2) is 0 Å². The fraction of sp³-hybridized carbons (Fsp3) is 0.778. The minimum Gasteiger partial charge on any atom is -0.153 e. The van der Waals surface area contributed by atoms with Crippen LogP contribution in [-0.4, -0.2) is 16.9 Å². The quantitative estimate of drug-likeness (QED) is 0.457. The van der Waals surface area contributed by atoms with Crippen LogP contribution in [0.15, 0.2) is 12.2 Å². The third kappa shape index (κ3) is 5.63. The molecule has 1 atom stereocenters. The molecular weight excluding hydrogens is 176 g/mol. The standard InChI is InChI=1S/C9H17ClS/c1-4-8(3)7-11-9(5-2)6-10/h9H,3-7H2,1-2H3. The summed E-state index contributed by atoms with van der Waals surface area (Å²) in [5.74, 6) is 1.83. The van der Waals surface area contributed by atoms with Crippen molar-refractivity contribution in [2.75, 3.05) is 11.6 Å². The molecule has 0 N–H and O–H groups in total. The molecule has 0 heterocycles. The Labute approximate surface area is 79.4 Å². The summed E-state index contributed by atoms with van der Waals surface area (Å²) in [6.07, 6.45) is 2.25. The Bertz CT molecular complexity index is 108. The molecule has 0 spiro atoms. The molecule has 0 aromatic heterocycles. The van der Waals surface area contributed by atoms with Gasteiger partial charge >= 0.3 is 0 Å². The molecule has 0 aliphatic carbocycles. The molecule has 11 heavy (non-hydrogen) atoms. The average molecular weight is 193 g/mol. The average Bonchev–Trinajstić information content (AvgIpc) is 2.06. The smallest absolute Gasteiger partial charge is 0.0342 e. The topological polar surface area (TPSA) is 0 Å². The van der Waals surface area contributed by atoms with Crippen molar-refractivity contribution in [1.29, 1.82) is 0 Å². The molecule has 2 heteroatoms. The molecule has 1 unspecified atom stereocenters. The first kappa shape index (κ1) is 11.4. The maximum atomic E-state index is 5.74. The van der Waals surface area contributed by atoms with Crippen molar-refractivity contribution in [3.8, 4) is 0 Å². The zero-order valence-electron chi connectivity index (χ0n) is 7.40. The zero-order chi connectivity index (χ0) is 8.69. The molecule has 0 saturated heterocycles. The van der Waals surface area contributed by atoms with E-state index in [-0.39, 0.29) is 0 Å². The Balaban J connectivity index is 3.42. The van der Waals surface area contributed by atoms with E-state index in [4.69, 9.17) is 11.6 Å². The van der Waals surface area contributed by atoms with Crippen LogP contribution in [0.25, 0.3) is 0 Å². The molecule has 0 radical (unpaired) electrons. The van der Waals surface area contributed by atoms with Crippen molar-refractivity contribution in [3.05, 3.63) is 12.2 Å². The van der Waals surface area contributed by atoms with Crippen LogP contribution in [-0.2, 0) is 0 Å². The number of alkyl halides is 1. The minimum atomic E-state index is 0.611.